The maximum absolute atomic E-state index is 14.6. The lowest BCUT2D eigenvalue weighted by Gasteiger charge is -2.44. The first kappa shape index (κ1) is 33.4. The molecule has 1 atom stereocenters. The van der Waals surface area contributed by atoms with Gasteiger partial charge in [-0.3, -0.25) is 29.4 Å². The number of thioether (sulfide) groups is 1. The fourth-order valence-electron chi connectivity index (χ4n) is 5.35. The van der Waals surface area contributed by atoms with E-state index < -0.39 is 29.1 Å². The molecule has 0 bridgehead atoms. The average Bonchev–Trinajstić information content (AvgIpc) is 3.10. The van der Waals surface area contributed by atoms with Crippen molar-refractivity contribution in [2.75, 3.05) is 7.11 Å². The predicted octanol–water partition coefficient (Wildman–Crippen LogP) is 4.53. The Kier molecular flexibility index (Phi) is 10.7. The van der Waals surface area contributed by atoms with Crippen molar-refractivity contribution in [1.29, 1.82) is 0 Å². The van der Waals surface area contributed by atoms with Crippen LogP contribution < -0.4 is 15.9 Å². The molecule has 10 nitrogen and oxygen atoms in total. The number of benzene rings is 4. The Morgan fingerprint density at radius 2 is 1.34 bits per heavy atom. The quantitative estimate of drug-likeness (QED) is 0.0701. The molecule has 5 rings (SSSR count). The summed E-state index contributed by atoms with van der Waals surface area (Å²) >= 11 is 0.901. The van der Waals surface area contributed by atoms with Crippen molar-refractivity contribution in [1.82, 2.24) is 4.90 Å². The predicted molar refractivity (Wildman–Crippen MR) is 182 cm³/mol. The fraction of sp³-hybridized carbons (Fsp3) is 0.171. The van der Waals surface area contributed by atoms with Gasteiger partial charge in [0.1, 0.15) is 12.0 Å². The molecule has 1 amide bonds. The van der Waals surface area contributed by atoms with Crippen LogP contribution in [0.25, 0.3) is 0 Å². The number of methoxy groups -OCH3 is 1. The number of amides is 1. The molecule has 0 saturated carbocycles. The summed E-state index contributed by atoms with van der Waals surface area (Å²) in [6.45, 7) is -3.39. The van der Waals surface area contributed by atoms with E-state index >= 15 is 0 Å². The number of carbonyl (C=O) groups excluding carboxylic acids is 4. The number of nitro benzene ring substituents is 1. The molecule has 0 radical (unpaired) electrons. The number of nitro groups is 1. The summed E-state index contributed by atoms with van der Waals surface area (Å²) in [7, 11) is 1.25. The van der Waals surface area contributed by atoms with Crippen molar-refractivity contribution in [2.24, 2.45) is 0 Å². The summed E-state index contributed by atoms with van der Waals surface area (Å²) in [6.07, 6.45) is -0.190. The zero-order chi connectivity index (χ0) is 33.4. The number of hydrogen-bond acceptors (Lipinski definition) is 9. The number of ether oxygens (including phenoxy) is 2. The van der Waals surface area contributed by atoms with E-state index in [1.54, 1.807) is 0 Å². The second kappa shape index (κ2) is 15.1. The molecule has 1 fully saturated rings. The lowest BCUT2D eigenvalue weighted by molar-refractivity contribution is -0.384. The highest BCUT2D eigenvalue weighted by Crippen LogP contribution is 2.49. The zero-order valence-electron chi connectivity index (χ0n) is 25.4. The van der Waals surface area contributed by atoms with Gasteiger partial charge in [0.25, 0.3) is 5.69 Å². The normalized spacial score (nSPS) is 14.1. The molecule has 4 aromatic carbocycles. The molecule has 4 aromatic rings. The van der Waals surface area contributed by atoms with E-state index in [2.05, 4.69) is 4.74 Å². The zero-order valence-corrected chi connectivity index (χ0v) is 27.1. The van der Waals surface area contributed by atoms with Gasteiger partial charge in [-0.05, 0) is 33.6 Å². The second-order valence-electron chi connectivity index (χ2n) is 10.5. The van der Waals surface area contributed by atoms with Crippen LogP contribution in [0.1, 0.15) is 24.8 Å². The molecular weight excluding hydrogens is 639 g/mol. The molecule has 1 aliphatic rings. The van der Waals surface area contributed by atoms with E-state index in [1.165, 1.54) is 36.3 Å². The summed E-state index contributed by atoms with van der Waals surface area (Å²) < 4.78 is 10.6. The molecule has 0 spiro atoms. The standard InChI is InChI=1S/C35H31N2O8PS/c1-44-32(39)21-22-33(40)47-31-23-30(38)36(31)34(35(41)45-24-25-17-19-26(20-18-25)37(42)43)46(27-11-5-2-6-12-27,28-13-7-3-8-14-28)29-15-9-4-10-16-29/h2-20,31H,21-24H2,1H3. The van der Waals surface area contributed by atoms with Gasteiger partial charge in [-0.2, -0.15) is 0 Å². The topological polar surface area (TPSA) is 133 Å². The Bertz CT molecular complexity index is 1730. The Hall–Kier alpha value is -4.99. The molecule has 1 heterocycles. The third-order valence-electron chi connectivity index (χ3n) is 7.61. The van der Waals surface area contributed by atoms with E-state index in [1.807, 2.05) is 91.0 Å². The number of β-lactam (4-membered cyclic amide) rings is 1. The monoisotopic (exact) mass is 670 g/mol. The summed E-state index contributed by atoms with van der Waals surface area (Å²) in [5.41, 5.74) is 0.528. The number of esters is 2. The van der Waals surface area contributed by atoms with E-state index in [-0.39, 0.29) is 48.0 Å². The molecule has 240 valence electrons. The highest BCUT2D eigenvalue weighted by atomic mass is 32.2. The molecule has 12 heteroatoms. The van der Waals surface area contributed by atoms with Crippen molar-refractivity contribution in [3.8, 4) is 0 Å². The van der Waals surface area contributed by atoms with Gasteiger partial charge in [0.15, 0.2) is 5.12 Å². The van der Waals surface area contributed by atoms with Gasteiger partial charge in [0, 0.05) is 25.4 Å². The first-order chi connectivity index (χ1) is 22.7. The summed E-state index contributed by atoms with van der Waals surface area (Å²) in [4.78, 5) is 65.0. The van der Waals surface area contributed by atoms with Crippen molar-refractivity contribution < 1.29 is 33.6 Å². The molecule has 47 heavy (non-hydrogen) atoms. The third kappa shape index (κ3) is 7.21. The average molecular weight is 671 g/mol. The van der Waals surface area contributed by atoms with Crippen molar-refractivity contribution in [3.63, 3.8) is 0 Å². The van der Waals surface area contributed by atoms with Crippen LogP contribution in [0, 0.1) is 10.1 Å². The molecule has 1 saturated heterocycles. The van der Waals surface area contributed by atoms with Crippen LogP contribution in [0.2, 0.25) is 0 Å². The van der Waals surface area contributed by atoms with Gasteiger partial charge in [0.05, 0.1) is 30.2 Å². The van der Waals surface area contributed by atoms with Gasteiger partial charge in [0.2, 0.25) is 5.91 Å². The minimum atomic E-state index is -3.18. The van der Waals surface area contributed by atoms with Crippen LogP contribution in [0.4, 0.5) is 5.69 Å². The van der Waals surface area contributed by atoms with E-state index in [0.717, 1.165) is 27.7 Å². The van der Waals surface area contributed by atoms with Gasteiger partial charge in [-0.25, -0.2) is 4.79 Å². The minimum absolute atomic E-state index is 0.00608. The lowest BCUT2D eigenvalue weighted by atomic mass is 10.2. The van der Waals surface area contributed by atoms with E-state index in [0.29, 0.717) is 5.56 Å². The van der Waals surface area contributed by atoms with E-state index in [9.17, 15) is 29.3 Å². The van der Waals surface area contributed by atoms with Crippen LogP contribution in [0.15, 0.2) is 115 Å². The number of carbonyl (C=O) groups is 4. The highest BCUT2D eigenvalue weighted by molar-refractivity contribution is 8.14. The van der Waals surface area contributed by atoms with Crippen molar-refractivity contribution >= 4 is 68.6 Å². The van der Waals surface area contributed by atoms with E-state index in [4.69, 9.17) is 4.74 Å². The number of non-ortho nitro benzene ring substituents is 1. The lowest BCUT2D eigenvalue weighted by Crippen LogP contribution is -2.58. The molecule has 1 aliphatic heterocycles. The maximum atomic E-state index is 14.6. The van der Waals surface area contributed by atoms with Crippen LogP contribution in [0.5, 0.6) is 0 Å². The van der Waals surface area contributed by atoms with Gasteiger partial charge in [-0.1, -0.05) is 103 Å². The maximum Gasteiger partial charge on any atom is 0.356 e. The highest BCUT2D eigenvalue weighted by Gasteiger charge is 2.48. The Labute approximate surface area is 275 Å². The molecular formula is C35H31N2O8PS. The summed E-state index contributed by atoms with van der Waals surface area (Å²) in [5, 5.41) is 12.5. The Morgan fingerprint density at radius 3 is 1.79 bits per heavy atom. The van der Waals surface area contributed by atoms with Crippen LogP contribution in [0.3, 0.4) is 0 Å². The number of nitrogens with zero attached hydrogens (tertiary/aromatic N) is 2. The number of rotatable bonds is 12. The number of hydrogen-bond donors (Lipinski definition) is 0. The fourth-order valence-corrected chi connectivity index (χ4v) is 10.9. The molecule has 0 aliphatic carbocycles. The second-order valence-corrected chi connectivity index (χ2v) is 15.0. The molecule has 0 N–H and O–H groups in total. The van der Waals surface area contributed by atoms with Gasteiger partial charge >= 0.3 is 11.9 Å². The van der Waals surface area contributed by atoms with Crippen LogP contribution >= 0.6 is 18.6 Å². The minimum Gasteiger partial charge on any atom is -0.469 e. The summed E-state index contributed by atoms with van der Waals surface area (Å²) in [5.74, 6) is -1.63. The molecule has 1 unspecified atom stereocenters. The largest absolute Gasteiger partial charge is 0.469 e. The smallest absolute Gasteiger partial charge is 0.356 e. The van der Waals surface area contributed by atoms with Crippen LogP contribution in [-0.2, 0) is 35.3 Å². The van der Waals surface area contributed by atoms with Gasteiger partial charge in [-0.15, -0.1) is 0 Å². The van der Waals surface area contributed by atoms with Crippen molar-refractivity contribution in [3.05, 3.63) is 131 Å². The first-order valence-corrected chi connectivity index (χ1v) is 17.3. The van der Waals surface area contributed by atoms with Crippen LogP contribution in [-0.4, -0.2) is 50.7 Å². The van der Waals surface area contributed by atoms with Gasteiger partial charge < -0.3 is 9.47 Å². The molecule has 0 aromatic heterocycles. The van der Waals surface area contributed by atoms with Crippen molar-refractivity contribution in [2.45, 2.75) is 31.2 Å². The first-order valence-electron chi connectivity index (χ1n) is 14.7. The number of likely N-dealkylation sites (tertiary alicyclic amines) is 1. The Morgan fingerprint density at radius 1 is 0.830 bits per heavy atom. The summed E-state index contributed by atoms with van der Waals surface area (Å²) in [6, 6.07) is 34.0. The SMILES string of the molecule is COC(=O)CCC(=O)SC1CC(=O)N1C(C(=O)OCc1ccc([N+](=O)[O-])cc1)=P(c1ccccc1)(c1ccccc1)c1ccccc1. The Balaban J connectivity index is 1.71. The third-order valence-corrected chi connectivity index (χ3v) is 13.0.